The number of rotatable bonds is 6. The summed E-state index contributed by atoms with van der Waals surface area (Å²) in [6, 6.07) is 0. The lowest BCUT2D eigenvalue weighted by molar-refractivity contribution is 0.0899. The average Bonchev–Trinajstić information content (AvgIpc) is 2.71. The molecular formula is C13H24N4O. The van der Waals surface area contributed by atoms with Gasteiger partial charge in [0.15, 0.2) is 0 Å². The number of carbonyl (C=O) groups is 1. The molecular weight excluding hydrogens is 228 g/mol. The number of nitrogens with one attached hydrogen (secondary N) is 1. The van der Waals surface area contributed by atoms with Crippen molar-refractivity contribution in [3.05, 3.63) is 17.5 Å². The lowest BCUT2D eigenvalue weighted by Gasteiger charge is -2.29. The average molecular weight is 252 g/mol. The molecule has 0 bridgehead atoms. The molecule has 102 valence electrons. The molecule has 0 saturated heterocycles. The minimum absolute atomic E-state index is 0.0576. The van der Waals surface area contributed by atoms with Crippen LogP contribution in [0.3, 0.4) is 0 Å². The largest absolute Gasteiger partial charge is 0.347 e. The zero-order valence-corrected chi connectivity index (χ0v) is 11.8. The van der Waals surface area contributed by atoms with Gasteiger partial charge in [0.05, 0.1) is 11.3 Å². The van der Waals surface area contributed by atoms with Crippen LogP contribution in [-0.2, 0) is 13.5 Å². The second-order valence-corrected chi connectivity index (χ2v) is 4.92. The monoisotopic (exact) mass is 252 g/mol. The van der Waals surface area contributed by atoms with E-state index in [1.54, 1.807) is 10.9 Å². The Morgan fingerprint density at radius 2 is 2.22 bits per heavy atom. The number of carbonyl (C=O) groups excluding carboxylic acids is 1. The Bertz CT molecular complexity index is 413. The highest BCUT2D eigenvalue weighted by molar-refractivity contribution is 5.95. The van der Waals surface area contributed by atoms with Gasteiger partial charge in [0.25, 0.3) is 5.91 Å². The Kier molecular flexibility index (Phi) is 4.90. The molecule has 1 atom stereocenters. The molecule has 3 N–H and O–H groups in total. The highest BCUT2D eigenvalue weighted by Crippen LogP contribution is 2.16. The van der Waals surface area contributed by atoms with E-state index in [2.05, 4.69) is 17.3 Å². The van der Waals surface area contributed by atoms with E-state index in [4.69, 9.17) is 5.73 Å². The summed E-state index contributed by atoms with van der Waals surface area (Å²) >= 11 is 0. The van der Waals surface area contributed by atoms with Crippen molar-refractivity contribution in [1.82, 2.24) is 15.1 Å². The first-order valence-electron chi connectivity index (χ1n) is 6.50. The quantitative estimate of drug-likeness (QED) is 0.799. The van der Waals surface area contributed by atoms with E-state index in [9.17, 15) is 4.79 Å². The van der Waals surface area contributed by atoms with Gasteiger partial charge in [-0.2, -0.15) is 5.10 Å². The minimum atomic E-state index is -0.243. The fourth-order valence-corrected chi connectivity index (χ4v) is 1.97. The van der Waals surface area contributed by atoms with Crippen LogP contribution in [0.1, 0.15) is 49.7 Å². The number of nitrogens with two attached hydrogens (primary N) is 1. The van der Waals surface area contributed by atoms with Crippen LogP contribution in [0, 0.1) is 0 Å². The third-order valence-corrected chi connectivity index (χ3v) is 3.38. The molecule has 0 aliphatic heterocycles. The van der Waals surface area contributed by atoms with Crippen LogP contribution in [0.25, 0.3) is 0 Å². The highest BCUT2D eigenvalue weighted by atomic mass is 16.1. The van der Waals surface area contributed by atoms with E-state index in [1.807, 2.05) is 20.9 Å². The van der Waals surface area contributed by atoms with Gasteiger partial charge in [-0.3, -0.25) is 9.48 Å². The molecule has 0 saturated carbocycles. The predicted molar refractivity (Wildman–Crippen MR) is 72.4 cm³/mol. The summed E-state index contributed by atoms with van der Waals surface area (Å²) in [7, 11) is 1.83. The Labute approximate surface area is 109 Å². The Morgan fingerprint density at radius 3 is 2.72 bits per heavy atom. The molecule has 18 heavy (non-hydrogen) atoms. The summed E-state index contributed by atoms with van der Waals surface area (Å²) in [6.07, 6.45) is 4.16. The van der Waals surface area contributed by atoms with Gasteiger partial charge in [0.2, 0.25) is 0 Å². The standard InChI is InChI=1S/C13H24N4O/c1-5-11-10(9-17(4)16-11)12(18)15-13(3,6-2)7-8-14/h9H,5-8,14H2,1-4H3,(H,15,18). The van der Waals surface area contributed by atoms with Crippen LogP contribution in [0.15, 0.2) is 6.20 Å². The van der Waals surface area contributed by atoms with E-state index in [-0.39, 0.29) is 11.4 Å². The van der Waals surface area contributed by atoms with Crippen molar-refractivity contribution in [3.8, 4) is 0 Å². The molecule has 1 aromatic rings. The van der Waals surface area contributed by atoms with Gasteiger partial charge < -0.3 is 11.1 Å². The van der Waals surface area contributed by atoms with Crippen LogP contribution in [0.2, 0.25) is 0 Å². The Hall–Kier alpha value is -1.36. The van der Waals surface area contributed by atoms with Crippen molar-refractivity contribution in [2.45, 2.75) is 45.6 Å². The number of amides is 1. The van der Waals surface area contributed by atoms with Crippen LogP contribution in [-0.4, -0.2) is 27.8 Å². The molecule has 1 rings (SSSR count). The van der Waals surface area contributed by atoms with E-state index < -0.39 is 0 Å². The second-order valence-electron chi connectivity index (χ2n) is 4.92. The summed E-state index contributed by atoms with van der Waals surface area (Å²) in [5, 5.41) is 7.36. The molecule has 5 nitrogen and oxygen atoms in total. The van der Waals surface area contributed by atoms with Crippen LogP contribution < -0.4 is 11.1 Å². The molecule has 1 unspecified atom stereocenters. The number of nitrogens with zero attached hydrogens (tertiary/aromatic N) is 2. The molecule has 0 aromatic carbocycles. The lowest BCUT2D eigenvalue weighted by atomic mass is 9.94. The first kappa shape index (κ1) is 14.7. The zero-order chi connectivity index (χ0) is 13.8. The summed E-state index contributed by atoms with van der Waals surface area (Å²) in [5.74, 6) is -0.0576. The topological polar surface area (TPSA) is 72.9 Å². The number of aromatic nitrogens is 2. The van der Waals surface area contributed by atoms with E-state index in [0.717, 1.165) is 25.0 Å². The molecule has 0 radical (unpaired) electrons. The minimum Gasteiger partial charge on any atom is -0.347 e. The molecule has 1 amide bonds. The Morgan fingerprint density at radius 1 is 1.56 bits per heavy atom. The molecule has 5 heteroatoms. The van der Waals surface area contributed by atoms with Gasteiger partial charge in [0, 0.05) is 18.8 Å². The predicted octanol–water partition coefficient (Wildman–Crippen LogP) is 1.23. The number of hydrogen-bond acceptors (Lipinski definition) is 3. The number of hydrogen-bond donors (Lipinski definition) is 2. The van der Waals surface area contributed by atoms with Crippen LogP contribution in [0.4, 0.5) is 0 Å². The summed E-state index contributed by atoms with van der Waals surface area (Å²) in [5.41, 5.74) is 6.85. The molecule has 1 heterocycles. The van der Waals surface area contributed by atoms with E-state index in [0.29, 0.717) is 12.1 Å². The zero-order valence-electron chi connectivity index (χ0n) is 11.8. The normalized spacial score (nSPS) is 14.3. The maximum absolute atomic E-state index is 12.3. The van der Waals surface area contributed by atoms with Gasteiger partial charge in [-0.05, 0) is 32.7 Å². The highest BCUT2D eigenvalue weighted by Gasteiger charge is 2.25. The maximum atomic E-state index is 12.3. The number of aryl methyl sites for hydroxylation is 2. The van der Waals surface area contributed by atoms with Gasteiger partial charge in [-0.1, -0.05) is 13.8 Å². The van der Waals surface area contributed by atoms with Gasteiger partial charge in [-0.25, -0.2) is 0 Å². The molecule has 0 fully saturated rings. The molecule has 0 aliphatic rings. The molecule has 0 aliphatic carbocycles. The van der Waals surface area contributed by atoms with Gasteiger partial charge in [-0.15, -0.1) is 0 Å². The third-order valence-electron chi connectivity index (χ3n) is 3.38. The van der Waals surface area contributed by atoms with E-state index in [1.165, 1.54) is 0 Å². The SMILES string of the molecule is CCc1nn(C)cc1C(=O)NC(C)(CC)CCN. The third kappa shape index (κ3) is 3.32. The molecule has 1 aromatic heterocycles. The van der Waals surface area contributed by atoms with Crippen molar-refractivity contribution in [1.29, 1.82) is 0 Å². The fraction of sp³-hybridized carbons (Fsp3) is 0.692. The van der Waals surface area contributed by atoms with Gasteiger partial charge >= 0.3 is 0 Å². The maximum Gasteiger partial charge on any atom is 0.255 e. The first-order chi connectivity index (χ1) is 8.45. The lowest BCUT2D eigenvalue weighted by Crippen LogP contribution is -2.47. The second kappa shape index (κ2) is 6.00. The summed E-state index contributed by atoms with van der Waals surface area (Å²) in [4.78, 5) is 12.3. The summed E-state index contributed by atoms with van der Waals surface area (Å²) < 4.78 is 1.68. The van der Waals surface area contributed by atoms with Crippen molar-refractivity contribution >= 4 is 5.91 Å². The summed E-state index contributed by atoms with van der Waals surface area (Å²) in [6.45, 7) is 6.65. The first-order valence-corrected chi connectivity index (χ1v) is 6.50. The fourth-order valence-electron chi connectivity index (χ4n) is 1.97. The van der Waals surface area contributed by atoms with Crippen LogP contribution in [0.5, 0.6) is 0 Å². The smallest absolute Gasteiger partial charge is 0.255 e. The van der Waals surface area contributed by atoms with Crippen molar-refractivity contribution in [2.24, 2.45) is 12.8 Å². The van der Waals surface area contributed by atoms with Crippen LogP contribution >= 0.6 is 0 Å². The molecule has 0 spiro atoms. The Balaban J connectivity index is 2.87. The van der Waals surface area contributed by atoms with Gasteiger partial charge in [0.1, 0.15) is 0 Å². The van der Waals surface area contributed by atoms with E-state index >= 15 is 0 Å². The van der Waals surface area contributed by atoms with Crippen molar-refractivity contribution in [3.63, 3.8) is 0 Å². The van der Waals surface area contributed by atoms with Crippen molar-refractivity contribution < 1.29 is 4.79 Å². The van der Waals surface area contributed by atoms with Crippen molar-refractivity contribution in [2.75, 3.05) is 6.54 Å².